The molecule has 0 fully saturated rings. The van der Waals surface area contributed by atoms with Gasteiger partial charge < -0.3 is 10.6 Å². The Hall–Kier alpha value is -2.14. The summed E-state index contributed by atoms with van der Waals surface area (Å²) < 4.78 is 0. The average molecular weight is 272 g/mol. The Balaban J connectivity index is 1.76. The largest absolute Gasteiger partial charge is 0.372 e. The molecule has 0 unspecified atom stereocenters. The predicted molar refractivity (Wildman–Crippen MR) is 75.7 cm³/mol. The maximum atomic E-state index is 12.0. The van der Waals surface area contributed by atoms with Crippen molar-refractivity contribution < 1.29 is 9.59 Å². The average Bonchev–Trinajstić information content (AvgIpc) is 2.93. The highest BCUT2D eigenvalue weighted by atomic mass is 32.1. The topological polar surface area (TPSA) is 58.2 Å². The van der Waals surface area contributed by atoms with E-state index in [2.05, 4.69) is 10.6 Å². The molecular formula is C14H12N2O2S. The molecule has 1 aromatic carbocycles. The third-order valence-corrected chi connectivity index (χ3v) is 3.93. The van der Waals surface area contributed by atoms with Gasteiger partial charge in [0.2, 0.25) is 5.91 Å². The van der Waals surface area contributed by atoms with Crippen LogP contribution in [-0.2, 0) is 4.79 Å². The second-order valence-corrected chi connectivity index (χ2v) is 5.28. The molecule has 1 aromatic heterocycles. The SMILES string of the molecule is O=C(C[C@H]1Nc2ccccc2NC1=O)c1cccs1. The van der Waals surface area contributed by atoms with Gasteiger partial charge in [0.15, 0.2) is 5.78 Å². The van der Waals surface area contributed by atoms with E-state index in [1.54, 1.807) is 6.07 Å². The minimum absolute atomic E-state index is 0.0120. The summed E-state index contributed by atoms with van der Waals surface area (Å²) in [5, 5.41) is 7.78. The number of Topliss-reactive ketones (excluding diaryl/α,β-unsaturated/α-hetero) is 1. The Bertz CT molecular complexity index is 622. The van der Waals surface area contributed by atoms with E-state index in [1.165, 1.54) is 11.3 Å². The van der Waals surface area contributed by atoms with Gasteiger partial charge >= 0.3 is 0 Å². The first-order chi connectivity index (χ1) is 9.24. The van der Waals surface area contributed by atoms with Crippen LogP contribution < -0.4 is 10.6 Å². The van der Waals surface area contributed by atoms with Crippen LogP contribution in [0.25, 0.3) is 0 Å². The van der Waals surface area contributed by atoms with E-state index in [0.717, 1.165) is 11.4 Å². The standard InChI is InChI=1S/C14H12N2O2S/c17-12(13-6-3-7-19-13)8-11-14(18)16-10-5-2-1-4-9(10)15-11/h1-7,11,15H,8H2,(H,16,18)/t11-/m1/s1. The Morgan fingerprint density at radius 1 is 1.16 bits per heavy atom. The van der Waals surface area contributed by atoms with Crippen LogP contribution in [0.2, 0.25) is 0 Å². The summed E-state index contributed by atoms with van der Waals surface area (Å²) in [7, 11) is 0. The van der Waals surface area contributed by atoms with Crippen LogP contribution in [0.15, 0.2) is 41.8 Å². The van der Waals surface area contributed by atoms with Crippen molar-refractivity contribution in [1.29, 1.82) is 0 Å². The summed E-state index contributed by atoms with van der Waals surface area (Å²) in [6, 6.07) is 10.6. The molecule has 1 amide bonds. The molecule has 5 heteroatoms. The highest BCUT2D eigenvalue weighted by Gasteiger charge is 2.27. The Morgan fingerprint density at radius 2 is 1.95 bits per heavy atom. The molecule has 1 aliphatic heterocycles. The molecule has 2 aromatic rings. The van der Waals surface area contributed by atoms with Crippen LogP contribution in [0.5, 0.6) is 0 Å². The number of hydrogen-bond acceptors (Lipinski definition) is 4. The van der Waals surface area contributed by atoms with Crippen molar-refractivity contribution in [3.8, 4) is 0 Å². The van der Waals surface area contributed by atoms with Crippen LogP contribution in [-0.4, -0.2) is 17.7 Å². The van der Waals surface area contributed by atoms with E-state index in [9.17, 15) is 9.59 Å². The predicted octanol–water partition coefficient (Wildman–Crippen LogP) is 2.75. The smallest absolute Gasteiger partial charge is 0.247 e. The number of fused-ring (bicyclic) bond motifs is 1. The Kier molecular flexibility index (Phi) is 3.05. The zero-order chi connectivity index (χ0) is 13.2. The molecule has 0 saturated heterocycles. The highest BCUT2D eigenvalue weighted by Crippen LogP contribution is 2.27. The molecule has 1 atom stereocenters. The first-order valence-electron chi connectivity index (χ1n) is 5.97. The molecule has 2 N–H and O–H groups in total. The number of carbonyl (C=O) groups excluding carboxylic acids is 2. The zero-order valence-corrected chi connectivity index (χ0v) is 10.9. The van der Waals surface area contributed by atoms with Crippen molar-refractivity contribution in [2.45, 2.75) is 12.5 Å². The van der Waals surface area contributed by atoms with Gasteiger partial charge in [-0.15, -0.1) is 11.3 Å². The number of rotatable bonds is 3. The van der Waals surface area contributed by atoms with Gasteiger partial charge in [0.05, 0.1) is 16.3 Å². The van der Waals surface area contributed by atoms with E-state index >= 15 is 0 Å². The molecule has 0 radical (unpaired) electrons. The normalized spacial score (nSPS) is 17.3. The van der Waals surface area contributed by atoms with Crippen molar-refractivity contribution in [1.82, 2.24) is 0 Å². The highest BCUT2D eigenvalue weighted by molar-refractivity contribution is 7.12. The molecule has 0 aliphatic carbocycles. The summed E-state index contributed by atoms with van der Waals surface area (Å²) in [4.78, 5) is 24.7. The first kappa shape index (κ1) is 11.9. The molecule has 4 nitrogen and oxygen atoms in total. The lowest BCUT2D eigenvalue weighted by Gasteiger charge is -2.26. The van der Waals surface area contributed by atoms with E-state index in [1.807, 2.05) is 35.7 Å². The van der Waals surface area contributed by atoms with Gasteiger partial charge in [-0.05, 0) is 23.6 Å². The maximum absolute atomic E-state index is 12.0. The first-order valence-corrected chi connectivity index (χ1v) is 6.85. The summed E-state index contributed by atoms with van der Waals surface area (Å²) in [5.74, 6) is -0.175. The van der Waals surface area contributed by atoms with Crippen LogP contribution in [0.3, 0.4) is 0 Å². The van der Waals surface area contributed by atoms with E-state index in [-0.39, 0.29) is 18.1 Å². The van der Waals surface area contributed by atoms with Gasteiger partial charge in [0, 0.05) is 6.42 Å². The number of carbonyl (C=O) groups is 2. The summed E-state index contributed by atoms with van der Waals surface area (Å²) >= 11 is 1.40. The van der Waals surface area contributed by atoms with Crippen molar-refractivity contribution >= 4 is 34.4 Å². The molecule has 0 bridgehead atoms. The molecule has 3 rings (SSSR count). The third kappa shape index (κ3) is 2.37. The van der Waals surface area contributed by atoms with Gasteiger partial charge in [-0.25, -0.2) is 0 Å². The fourth-order valence-corrected chi connectivity index (χ4v) is 2.73. The Labute approximate surface area is 114 Å². The quantitative estimate of drug-likeness (QED) is 0.845. The lowest BCUT2D eigenvalue weighted by atomic mass is 10.1. The lowest BCUT2D eigenvalue weighted by Crippen LogP contribution is -2.40. The van der Waals surface area contributed by atoms with E-state index in [4.69, 9.17) is 0 Å². The summed E-state index contributed by atoms with van der Waals surface area (Å²) in [6.45, 7) is 0. The monoisotopic (exact) mass is 272 g/mol. The Morgan fingerprint density at radius 3 is 2.68 bits per heavy atom. The van der Waals surface area contributed by atoms with Crippen molar-refractivity contribution in [3.05, 3.63) is 46.7 Å². The number of nitrogens with one attached hydrogen (secondary N) is 2. The van der Waals surface area contributed by atoms with Crippen LogP contribution in [0, 0.1) is 0 Å². The van der Waals surface area contributed by atoms with Gasteiger partial charge in [-0.2, -0.15) is 0 Å². The third-order valence-electron chi connectivity index (χ3n) is 3.02. The molecule has 0 saturated carbocycles. The fraction of sp³-hybridized carbons (Fsp3) is 0.143. The van der Waals surface area contributed by atoms with Crippen molar-refractivity contribution in [3.63, 3.8) is 0 Å². The maximum Gasteiger partial charge on any atom is 0.247 e. The van der Waals surface area contributed by atoms with Crippen LogP contribution >= 0.6 is 11.3 Å². The molecular weight excluding hydrogens is 260 g/mol. The van der Waals surface area contributed by atoms with Gasteiger partial charge in [-0.1, -0.05) is 18.2 Å². The number of anilines is 2. The van der Waals surface area contributed by atoms with E-state index in [0.29, 0.717) is 4.88 Å². The molecule has 19 heavy (non-hydrogen) atoms. The summed E-state index contributed by atoms with van der Waals surface area (Å²) in [6.07, 6.45) is 0.167. The van der Waals surface area contributed by atoms with E-state index < -0.39 is 6.04 Å². The van der Waals surface area contributed by atoms with Crippen LogP contribution in [0.4, 0.5) is 11.4 Å². The molecule has 96 valence electrons. The number of hydrogen-bond donors (Lipinski definition) is 2. The number of para-hydroxylation sites is 2. The second-order valence-electron chi connectivity index (χ2n) is 4.34. The fourth-order valence-electron chi connectivity index (χ4n) is 2.06. The van der Waals surface area contributed by atoms with Crippen LogP contribution in [0.1, 0.15) is 16.1 Å². The van der Waals surface area contributed by atoms with Gasteiger partial charge in [0.1, 0.15) is 6.04 Å². The number of thiophene rings is 1. The minimum Gasteiger partial charge on any atom is -0.372 e. The lowest BCUT2D eigenvalue weighted by molar-refractivity contribution is -0.117. The number of amides is 1. The van der Waals surface area contributed by atoms with Crippen molar-refractivity contribution in [2.24, 2.45) is 0 Å². The van der Waals surface area contributed by atoms with Gasteiger partial charge in [-0.3, -0.25) is 9.59 Å². The number of benzene rings is 1. The van der Waals surface area contributed by atoms with Crippen molar-refractivity contribution in [2.75, 3.05) is 10.6 Å². The minimum atomic E-state index is -0.510. The number of ketones is 1. The molecule has 2 heterocycles. The molecule has 0 spiro atoms. The molecule has 1 aliphatic rings. The zero-order valence-electron chi connectivity index (χ0n) is 10.1. The summed E-state index contributed by atoms with van der Waals surface area (Å²) in [5.41, 5.74) is 1.61. The second kappa shape index (κ2) is 4.85. The van der Waals surface area contributed by atoms with Gasteiger partial charge in [0.25, 0.3) is 0 Å².